The number of rotatable bonds is 7. The summed E-state index contributed by atoms with van der Waals surface area (Å²) in [6.07, 6.45) is 2.70. The molecule has 4 aliphatic rings. The summed E-state index contributed by atoms with van der Waals surface area (Å²) in [7, 11) is 1.56. The highest BCUT2D eigenvalue weighted by Gasteiger charge is 2.43. The van der Waals surface area contributed by atoms with Crippen molar-refractivity contribution in [2.75, 3.05) is 33.3 Å². The number of nitrogens with zero attached hydrogens (tertiary/aromatic N) is 5. The van der Waals surface area contributed by atoms with Gasteiger partial charge >= 0.3 is 0 Å². The van der Waals surface area contributed by atoms with Crippen molar-refractivity contribution in [3.8, 4) is 0 Å². The maximum atomic E-state index is 13.8. The van der Waals surface area contributed by atoms with E-state index in [-0.39, 0.29) is 30.3 Å². The lowest BCUT2D eigenvalue weighted by Gasteiger charge is -2.41. The molecule has 5 heterocycles. The number of carbonyl (C=O) groups excluding carboxylic acids is 4. The molecule has 0 saturated carbocycles. The Hall–Kier alpha value is -4.39. The maximum absolute atomic E-state index is 13.8. The van der Waals surface area contributed by atoms with E-state index < -0.39 is 18.1 Å². The van der Waals surface area contributed by atoms with Crippen LogP contribution in [0.25, 0.3) is 0 Å². The number of methoxy groups -OCH3 is 1. The van der Waals surface area contributed by atoms with Crippen molar-refractivity contribution in [2.45, 2.75) is 50.8 Å². The molecular weight excluding hydrogens is 562 g/mol. The highest BCUT2D eigenvalue weighted by atomic mass is 16.5. The number of piperidine rings is 1. The molecule has 12 heteroatoms. The highest BCUT2D eigenvalue weighted by Crippen LogP contribution is 2.38. The molecular formula is C32H34N7O5. The quantitative estimate of drug-likeness (QED) is 0.393. The summed E-state index contributed by atoms with van der Waals surface area (Å²) in [5.41, 5.74) is 5.24. The number of fused-ring (bicyclic) bond motifs is 2. The van der Waals surface area contributed by atoms with Crippen molar-refractivity contribution in [1.29, 1.82) is 0 Å². The second-order valence-electron chi connectivity index (χ2n) is 11.8. The predicted octanol–water partition coefficient (Wildman–Crippen LogP) is 1.52. The molecule has 1 radical (unpaired) electrons. The topological polar surface area (TPSA) is 131 Å². The minimum Gasteiger partial charge on any atom is -0.367 e. The molecule has 4 amide bonds. The number of aromatic amines is 1. The van der Waals surface area contributed by atoms with Crippen molar-refractivity contribution >= 4 is 23.6 Å². The largest absolute Gasteiger partial charge is 0.367 e. The molecule has 2 aromatic carbocycles. The van der Waals surface area contributed by atoms with E-state index in [4.69, 9.17) is 4.74 Å². The highest BCUT2D eigenvalue weighted by molar-refractivity contribution is 6.05. The minimum atomic E-state index is -0.699. The van der Waals surface area contributed by atoms with E-state index in [9.17, 15) is 19.2 Å². The predicted molar refractivity (Wildman–Crippen MR) is 156 cm³/mol. The molecule has 3 atom stereocenters. The molecule has 2 unspecified atom stereocenters. The Morgan fingerprint density at radius 3 is 2.61 bits per heavy atom. The molecule has 7 rings (SSSR count). The number of piperazine rings is 1. The lowest BCUT2D eigenvalue weighted by molar-refractivity contribution is -0.150. The Morgan fingerprint density at radius 1 is 1.07 bits per heavy atom. The zero-order chi connectivity index (χ0) is 30.4. The van der Waals surface area contributed by atoms with E-state index in [2.05, 4.69) is 37.6 Å². The normalized spacial score (nSPS) is 23.1. The van der Waals surface area contributed by atoms with Crippen LogP contribution in [-0.4, -0.2) is 92.8 Å². The van der Waals surface area contributed by atoms with Crippen LogP contribution in [0.2, 0.25) is 0 Å². The summed E-state index contributed by atoms with van der Waals surface area (Å²) < 4.78 is 5.68. The van der Waals surface area contributed by atoms with Crippen LogP contribution in [0, 0.1) is 6.20 Å². The molecule has 1 aromatic heterocycles. The van der Waals surface area contributed by atoms with E-state index >= 15 is 0 Å². The molecule has 227 valence electrons. The van der Waals surface area contributed by atoms with Crippen LogP contribution < -0.4 is 5.32 Å². The van der Waals surface area contributed by atoms with Crippen LogP contribution >= 0.6 is 0 Å². The van der Waals surface area contributed by atoms with E-state index in [0.29, 0.717) is 25.1 Å². The molecule has 3 aromatic rings. The fraction of sp³-hybridized carbons (Fsp3) is 0.406. The number of benzene rings is 2. The first-order valence-electron chi connectivity index (χ1n) is 15.0. The number of H-pyrrole nitrogens is 1. The van der Waals surface area contributed by atoms with Crippen LogP contribution in [0.15, 0.2) is 48.5 Å². The Morgan fingerprint density at radius 2 is 1.86 bits per heavy atom. The molecule has 0 bridgehead atoms. The third-order valence-corrected chi connectivity index (χ3v) is 9.17. The fourth-order valence-corrected chi connectivity index (χ4v) is 6.92. The number of nitrogens with one attached hydrogen (secondary N) is 2. The summed E-state index contributed by atoms with van der Waals surface area (Å²) in [6, 6.07) is 14.8. The van der Waals surface area contributed by atoms with Gasteiger partial charge in [-0.15, -0.1) is 0 Å². The number of aromatic nitrogens is 2. The first-order valence-corrected chi connectivity index (χ1v) is 15.0. The number of carbonyl (C=O) groups is 4. The molecule has 2 saturated heterocycles. The minimum absolute atomic E-state index is 0.0943. The first-order chi connectivity index (χ1) is 21.4. The van der Waals surface area contributed by atoms with Gasteiger partial charge < -0.3 is 14.5 Å². The van der Waals surface area contributed by atoms with Crippen LogP contribution in [0.1, 0.15) is 63.4 Å². The molecule has 44 heavy (non-hydrogen) atoms. The third-order valence-electron chi connectivity index (χ3n) is 9.17. The molecule has 0 spiro atoms. The van der Waals surface area contributed by atoms with Gasteiger partial charge in [-0.2, -0.15) is 5.10 Å². The van der Waals surface area contributed by atoms with Gasteiger partial charge in [-0.05, 0) is 29.2 Å². The van der Waals surface area contributed by atoms with Crippen molar-refractivity contribution in [1.82, 2.24) is 35.1 Å². The molecule has 2 fully saturated rings. The van der Waals surface area contributed by atoms with E-state index in [1.54, 1.807) is 12.0 Å². The number of ether oxygens (including phenoxy) is 1. The Labute approximate surface area is 254 Å². The van der Waals surface area contributed by atoms with Crippen LogP contribution in [-0.2, 0) is 38.8 Å². The van der Waals surface area contributed by atoms with Crippen molar-refractivity contribution in [3.63, 3.8) is 0 Å². The monoisotopic (exact) mass is 596 g/mol. The summed E-state index contributed by atoms with van der Waals surface area (Å²) in [6.45, 7) is 4.62. The summed E-state index contributed by atoms with van der Waals surface area (Å²) in [5, 5.41) is 9.51. The van der Waals surface area contributed by atoms with Gasteiger partial charge in [0.2, 0.25) is 11.8 Å². The fourth-order valence-electron chi connectivity index (χ4n) is 6.92. The van der Waals surface area contributed by atoms with Gasteiger partial charge in [-0.25, -0.2) is 0 Å². The van der Waals surface area contributed by atoms with E-state index in [0.717, 1.165) is 60.7 Å². The van der Waals surface area contributed by atoms with Crippen LogP contribution in [0.4, 0.5) is 0 Å². The SMILES string of the molecule is CO[C@@H](C(=O)N1Cc2[nH]n[c]c2C1N1CCN(Cc2ccc3c(c2)CN(C2CCC(=O)NC2=O)C3=O)CC1)c1ccccc1. The first kappa shape index (κ1) is 28.4. The zero-order valence-corrected chi connectivity index (χ0v) is 24.5. The smallest absolute Gasteiger partial charge is 0.258 e. The lowest BCUT2D eigenvalue weighted by Crippen LogP contribution is -2.52. The molecule has 2 N–H and O–H groups in total. The molecule has 4 aliphatic heterocycles. The Balaban J connectivity index is 1.01. The number of amides is 4. The van der Waals surface area contributed by atoms with Gasteiger partial charge in [-0.1, -0.05) is 42.5 Å². The summed E-state index contributed by atoms with van der Waals surface area (Å²) in [5.74, 6) is -0.951. The maximum Gasteiger partial charge on any atom is 0.258 e. The summed E-state index contributed by atoms with van der Waals surface area (Å²) in [4.78, 5) is 59.0. The van der Waals surface area contributed by atoms with E-state index in [1.165, 1.54) is 0 Å². The lowest BCUT2D eigenvalue weighted by atomic mass is 10.0. The average Bonchev–Trinajstić information content (AvgIpc) is 3.72. The van der Waals surface area contributed by atoms with Gasteiger partial charge in [0, 0.05) is 63.9 Å². The number of imide groups is 1. The summed E-state index contributed by atoms with van der Waals surface area (Å²) >= 11 is 0. The Kier molecular flexibility index (Phi) is 7.48. The van der Waals surface area contributed by atoms with Gasteiger partial charge in [0.05, 0.1) is 12.2 Å². The zero-order valence-electron chi connectivity index (χ0n) is 24.5. The van der Waals surface area contributed by atoms with Gasteiger partial charge in [0.15, 0.2) is 6.10 Å². The van der Waals surface area contributed by atoms with Gasteiger partial charge in [0.25, 0.3) is 11.8 Å². The average molecular weight is 597 g/mol. The third kappa shape index (κ3) is 5.08. The van der Waals surface area contributed by atoms with Crippen molar-refractivity contribution in [2.24, 2.45) is 0 Å². The van der Waals surface area contributed by atoms with Crippen molar-refractivity contribution < 1.29 is 23.9 Å². The number of hydrogen-bond acceptors (Lipinski definition) is 8. The van der Waals surface area contributed by atoms with Crippen LogP contribution in [0.3, 0.4) is 0 Å². The van der Waals surface area contributed by atoms with Crippen molar-refractivity contribution in [3.05, 3.63) is 88.2 Å². The standard InChI is InChI=1S/C32H34N7O5/c1-44-28(21-5-3-2-4-6-21)32(43)39-19-25-24(16-33-35-25)30(39)37-13-11-36(12-14-37)17-20-7-8-23-22(15-20)18-38(31(23)42)26-9-10-27(40)34-29(26)41/h2-8,15,26,28,30H,9-14,17-19H2,1H3,(H,33,35)(H,34,40,41)/t26?,28-,30?/m1/s1. The van der Waals surface area contributed by atoms with Crippen LogP contribution in [0.5, 0.6) is 0 Å². The second-order valence-corrected chi connectivity index (χ2v) is 11.8. The van der Waals surface area contributed by atoms with Gasteiger partial charge in [-0.3, -0.25) is 39.4 Å². The van der Waals surface area contributed by atoms with E-state index in [1.807, 2.05) is 47.4 Å². The van der Waals surface area contributed by atoms with Gasteiger partial charge in [0.1, 0.15) is 18.4 Å². The number of hydrogen-bond donors (Lipinski definition) is 2. The Bertz CT molecular complexity index is 1600. The molecule has 0 aliphatic carbocycles. The molecule has 12 nitrogen and oxygen atoms in total. The second kappa shape index (κ2) is 11.6.